The number of thiophene rings is 1. The SMILES string of the molecule is C[C@@H]1CN(c2nc(C3CC3)c3c(c2C#N)CC(C)(C)OC3)[C@@H](C)CN1C(=O)Cc1cccs1. The minimum Gasteiger partial charge on any atom is -0.370 e. The molecule has 1 aliphatic carbocycles. The average Bonchev–Trinajstić information content (AvgIpc) is 3.49. The predicted octanol–water partition coefficient (Wildman–Crippen LogP) is 4.41. The summed E-state index contributed by atoms with van der Waals surface area (Å²) in [6.07, 6.45) is 3.50. The first-order valence-electron chi connectivity index (χ1n) is 12.0. The van der Waals surface area contributed by atoms with Gasteiger partial charge in [0.2, 0.25) is 5.91 Å². The summed E-state index contributed by atoms with van der Waals surface area (Å²) in [4.78, 5) is 23.5. The van der Waals surface area contributed by atoms with Crippen LogP contribution in [0.15, 0.2) is 17.5 Å². The van der Waals surface area contributed by atoms with Gasteiger partial charge >= 0.3 is 0 Å². The minimum atomic E-state index is -0.288. The van der Waals surface area contributed by atoms with Crippen LogP contribution in [0.4, 0.5) is 5.82 Å². The third-order valence-electron chi connectivity index (χ3n) is 7.19. The van der Waals surface area contributed by atoms with Crippen LogP contribution in [0.3, 0.4) is 0 Å². The summed E-state index contributed by atoms with van der Waals surface area (Å²) in [5.41, 5.74) is 3.80. The van der Waals surface area contributed by atoms with Crippen LogP contribution in [0.5, 0.6) is 0 Å². The van der Waals surface area contributed by atoms with Gasteiger partial charge in [-0.3, -0.25) is 4.79 Å². The molecule has 33 heavy (non-hydrogen) atoms. The Morgan fingerprint density at radius 3 is 2.73 bits per heavy atom. The summed E-state index contributed by atoms with van der Waals surface area (Å²) in [5, 5.41) is 12.3. The molecule has 3 aliphatic rings. The van der Waals surface area contributed by atoms with E-state index in [2.05, 4.69) is 38.7 Å². The van der Waals surface area contributed by atoms with Gasteiger partial charge in [0.05, 0.1) is 29.9 Å². The maximum atomic E-state index is 13.0. The van der Waals surface area contributed by atoms with E-state index in [0.29, 0.717) is 37.6 Å². The number of ether oxygens (including phenoxy) is 1. The van der Waals surface area contributed by atoms with Crippen LogP contribution in [0.25, 0.3) is 0 Å². The molecule has 2 fully saturated rings. The number of piperazine rings is 1. The quantitative estimate of drug-likeness (QED) is 0.670. The minimum absolute atomic E-state index is 0.0576. The third-order valence-corrected chi connectivity index (χ3v) is 8.07. The Morgan fingerprint density at radius 2 is 2.06 bits per heavy atom. The number of anilines is 1. The first kappa shape index (κ1) is 22.4. The number of carbonyl (C=O) groups is 1. The lowest BCUT2D eigenvalue weighted by molar-refractivity contribution is -0.133. The first-order chi connectivity index (χ1) is 15.8. The molecule has 0 radical (unpaired) electrons. The molecule has 4 heterocycles. The molecule has 2 atom stereocenters. The van der Waals surface area contributed by atoms with Crippen LogP contribution in [0, 0.1) is 11.3 Å². The normalized spacial score (nSPS) is 24.3. The van der Waals surface area contributed by atoms with Crippen molar-refractivity contribution in [2.75, 3.05) is 18.0 Å². The maximum absolute atomic E-state index is 13.0. The van der Waals surface area contributed by atoms with Crippen molar-refractivity contribution >= 4 is 23.1 Å². The van der Waals surface area contributed by atoms with Crippen molar-refractivity contribution in [3.63, 3.8) is 0 Å². The molecule has 0 spiro atoms. The Bertz CT molecular complexity index is 1100. The van der Waals surface area contributed by atoms with Crippen molar-refractivity contribution in [2.24, 2.45) is 0 Å². The summed E-state index contributed by atoms with van der Waals surface area (Å²) in [5.74, 6) is 1.46. The standard InChI is InChI=1S/C26H32N4O2S/c1-16-14-30(17(2)13-29(16)23(31)10-19-6-5-9-33-19)25-21(12-27)20-11-26(3,4)32-15-22(20)24(28-25)18-7-8-18/h5-6,9,16-18H,7-8,10-11,13-15H2,1-4H3/t16-,17+/m1/s1. The van der Waals surface area contributed by atoms with E-state index in [1.54, 1.807) is 11.3 Å². The van der Waals surface area contributed by atoms with Gasteiger partial charge in [-0.25, -0.2) is 4.98 Å². The summed E-state index contributed by atoms with van der Waals surface area (Å²) in [6.45, 7) is 10.3. The van der Waals surface area contributed by atoms with Crippen molar-refractivity contribution in [3.05, 3.63) is 44.8 Å². The molecule has 2 aliphatic heterocycles. The van der Waals surface area contributed by atoms with E-state index < -0.39 is 0 Å². The highest BCUT2D eigenvalue weighted by Gasteiger charge is 2.39. The number of hydrogen-bond acceptors (Lipinski definition) is 6. The largest absolute Gasteiger partial charge is 0.370 e. The molecule has 0 N–H and O–H groups in total. The topological polar surface area (TPSA) is 69.5 Å². The summed E-state index contributed by atoms with van der Waals surface area (Å²) < 4.78 is 6.11. The van der Waals surface area contributed by atoms with Crippen molar-refractivity contribution in [2.45, 2.75) is 83.6 Å². The molecule has 0 aromatic carbocycles. The summed E-state index contributed by atoms with van der Waals surface area (Å²) in [7, 11) is 0. The van der Waals surface area contributed by atoms with Gasteiger partial charge in [-0.15, -0.1) is 11.3 Å². The van der Waals surface area contributed by atoms with Crippen LogP contribution in [0.2, 0.25) is 0 Å². The molecule has 1 saturated heterocycles. The van der Waals surface area contributed by atoms with Crippen LogP contribution in [0.1, 0.15) is 73.7 Å². The van der Waals surface area contributed by atoms with Crippen LogP contribution >= 0.6 is 11.3 Å². The van der Waals surface area contributed by atoms with Gasteiger partial charge in [-0.1, -0.05) is 6.07 Å². The predicted molar refractivity (Wildman–Crippen MR) is 130 cm³/mol. The molecular formula is C26H32N4O2S. The molecule has 1 amide bonds. The second-order valence-electron chi connectivity index (χ2n) is 10.4. The van der Waals surface area contributed by atoms with Crippen molar-refractivity contribution in [1.82, 2.24) is 9.88 Å². The molecule has 5 rings (SSSR count). The highest BCUT2D eigenvalue weighted by Crippen LogP contribution is 2.46. The van der Waals surface area contributed by atoms with Crippen molar-refractivity contribution < 1.29 is 9.53 Å². The van der Waals surface area contributed by atoms with E-state index in [9.17, 15) is 10.1 Å². The van der Waals surface area contributed by atoms with Gasteiger partial charge < -0.3 is 14.5 Å². The van der Waals surface area contributed by atoms with E-state index >= 15 is 0 Å². The van der Waals surface area contributed by atoms with Gasteiger partial charge in [-0.05, 0) is 57.5 Å². The van der Waals surface area contributed by atoms with Crippen LogP contribution < -0.4 is 4.90 Å². The number of aromatic nitrogens is 1. The summed E-state index contributed by atoms with van der Waals surface area (Å²) >= 11 is 1.63. The van der Waals surface area contributed by atoms with Gasteiger partial charge in [0, 0.05) is 48.0 Å². The monoisotopic (exact) mass is 464 g/mol. The van der Waals surface area contributed by atoms with Crippen LogP contribution in [-0.4, -0.2) is 46.6 Å². The molecule has 174 valence electrons. The molecular weight excluding hydrogens is 432 g/mol. The lowest BCUT2D eigenvalue weighted by Gasteiger charge is -2.45. The molecule has 0 unspecified atom stereocenters. The van der Waals surface area contributed by atoms with Crippen molar-refractivity contribution in [3.8, 4) is 6.07 Å². The first-order valence-corrected chi connectivity index (χ1v) is 12.8. The Labute approximate surface area is 200 Å². The zero-order valence-electron chi connectivity index (χ0n) is 19.9. The van der Waals surface area contributed by atoms with E-state index in [0.717, 1.165) is 46.8 Å². The number of rotatable bonds is 4. The number of pyridine rings is 1. The Balaban J connectivity index is 1.46. The molecule has 0 bridgehead atoms. The molecule has 7 heteroatoms. The second kappa shape index (κ2) is 8.41. The second-order valence-corrected chi connectivity index (χ2v) is 11.4. The highest BCUT2D eigenvalue weighted by atomic mass is 32.1. The smallest absolute Gasteiger partial charge is 0.228 e. The van der Waals surface area contributed by atoms with E-state index in [-0.39, 0.29) is 23.6 Å². The van der Waals surface area contributed by atoms with Gasteiger partial charge in [-0.2, -0.15) is 5.26 Å². The Hall–Kier alpha value is -2.43. The fourth-order valence-corrected chi connectivity index (χ4v) is 5.93. The van der Waals surface area contributed by atoms with Gasteiger partial charge in [0.15, 0.2) is 0 Å². The maximum Gasteiger partial charge on any atom is 0.228 e. The molecule has 1 saturated carbocycles. The number of amides is 1. The number of nitriles is 1. The zero-order valence-corrected chi connectivity index (χ0v) is 20.7. The van der Waals surface area contributed by atoms with E-state index in [4.69, 9.17) is 9.72 Å². The summed E-state index contributed by atoms with van der Waals surface area (Å²) in [6, 6.07) is 6.67. The highest BCUT2D eigenvalue weighted by molar-refractivity contribution is 7.10. The number of fused-ring (bicyclic) bond motifs is 1. The number of nitrogens with zero attached hydrogens (tertiary/aromatic N) is 4. The Kier molecular flexibility index (Phi) is 5.70. The van der Waals surface area contributed by atoms with E-state index in [1.807, 2.05) is 22.4 Å². The van der Waals surface area contributed by atoms with Gasteiger partial charge in [0.1, 0.15) is 11.9 Å². The molecule has 6 nitrogen and oxygen atoms in total. The molecule has 2 aromatic heterocycles. The average molecular weight is 465 g/mol. The number of hydrogen-bond donors (Lipinski definition) is 0. The van der Waals surface area contributed by atoms with Crippen molar-refractivity contribution in [1.29, 1.82) is 5.26 Å². The molecule has 2 aromatic rings. The lowest BCUT2D eigenvalue weighted by Crippen LogP contribution is -2.59. The third kappa shape index (κ3) is 4.27. The lowest BCUT2D eigenvalue weighted by atomic mass is 9.87. The number of carbonyl (C=O) groups excluding carboxylic acids is 1. The van der Waals surface area contributed by atoms with Gasteiger partial charge in [0.25, 0.3) is 0 Å². The van der Waals surface area contributed by atoms with Crippen LogP contribution in [-0.2, 0) is 29.0 Å². The fourth-order valence-electron chi connectivity index (χ4n) is 5.23. The Morgan fingerprint density at radius 1 is 1.27 bits per heavy atom. The zero-order chi connectivity index (χ0) is 23.3. The van der Waals surface area contributed by atoms with E-state index in [1.165, 1.54) is 0 Å². The fraction of sp³-hybridized carbons (Fsp3) is 0.577.